The van der Waals surface area contributed by atoms with Crippen LogP contribution >= 0.6 is 11.8 Å². The minimum absolute atomic E-state index is 0.0902. The number of hydrogen-bond acceptors (Lipinski definition) is 7. The topological polar surface area (TPSA) is 143 Å². The summed E-state index contributed by atoms with van der Waals surface area (Å²) in [6, 6.07) is 4.14. The minimum Gasteiger partial charge on any atom is -0.366 e. The molecule has 0 fully saturated rings. The lowest BCUT2D eigenvalue weighted by molar-refractivity contribution is -0.385. The number of carbonyl (C=O) groups excluding carboxylic acids is 1. The zero-order valence-corrected chi connectivity index (χ0v) is 14.3. The number of nitrogen functional groups attached to an aromatic ring is 1. The van der Waals surface area contributed by atoms with E-state index < -0.39 is 10.8 Å². The van der Waals surface area contributed by atoms with Gasteiger partial charge >= 0.3 is 0 Å². The Kier molecular flexibility index (Phi) is 4.78. The molecule has 0 bridgehead atoms. The van der Waals surface area contributed by atoms with Gasteiger partial charge in [-0.05, 0) is 6.07 Å². The highest BCUT2D eigenvalue weighted by atomic mass is 32.2. The van der Waals surface area contributed by atoms with E-state index in [1.807, 2.05) is 20.8 Å². The number of nitro groups is 1. The molecule has 9 nitrogen and oxygen atoms in total. The van der Waals surface area contributed by atoms with Crippen LogP contribution in [0.4, 0.5) is 5.69 Å². The number of aromatic nitrogens is 3. The molecule has 24 heavy (non-hydrogen) atoms. The van der Waals surface area contributed by atoms with E-state index >= 15 is 0 Å². The van der Waals surface area contributed by atoms with Crippen LogP contribution in [-0.2, 0) is 11.2 Å². The highest BCUT2D eigenvalue weighted by Crippen LogP contribution is 2.29. The van der Waals surface area contributed by atoms with Crippen molar-refractivity contribution in [1.82, 2.24) is 14.9 Å². The Bertz CT molecular complexity index is 796. The van der Waals surface area contributed by atoms with Gasteiger partial charge in [0.15, 0.2) is 5.82 Å². The van der Waals surface area contributed by atoms with Gasteiger partial charge in [-0.25, -0.2) is 4.68 Å². The maximum absolute atomic E-state index is 11.2. The molecule has 2 rings (SSSR count). The van der Waals surface area contributed by atoms with Gasteiger partial charge in [0.05, 0.1) is 4.92 Å². The van der Waals surface area contributed by atoms with E-state index in [9.17, 15) is 14.9 Å². The van der Waals surface area contributed by atoms with E-state index in [2.05, 4.69) is 10.2 Å². The maximum Gasteiger partial charge on any atom is 0.274 e. The molecule has 2 aromatic rings. The molecule has 10 heteroatoms. The van der Waals surface area contributed by atoms with E-state index in [0.29, 0.717) is 16.5 Å². The molecule has 0 aliphatic rings. The average molecular weight is 350 g/mol. The molecule has 0 unspecified atom stereocenters. The van der Waals surface area contributed by atoms with E-state index in [1.54, 1.807) is 0 Å². The number of nitro benzene ring substituents is 1. The van der Waals surface area contributed by atoms with Crippen molar-refractivity contribution in [2.24, 2.45) is 5.73 Å². The summed E-state index contributed by atoms with van der Waals surface area (Å²) in [4.78, 5) is 21.8. The molecule has 128 valence electrons. The molecule has 1 aromatic carbocycles. The second-order valence-corrected chi connectivity index (χ2v) is 7.12. The summed E-state index contributed by atoms with van der Waals surface area (Å²) >= 11 is 1.23. The number of nitrogens with two attached hydrogens (primary N) is 2. The summed E-state index contributed by atoms with van der Waals surface area (Å²) in [6.07, 6.45) is 0. The number of amides is 1. The van der Waals surface area contributed by atoms with Crippen LogP contribution in [0.25, 0.3) is 0 Å². The summed E-state index contributed by atoms with van der Waals surface area (Å²) in [5.41, 5.74) is 5.25. The largest absolute Gasteiger partial charge is 0.366 e. The van der Waals surface area contributed by atoms with Gasteiger partial charge in [-0.1, -0.05) is 38.6 Å². The number of hydrogen-bond donors (Lipinski definition) is 2. The van der Waals surface area contributed by atoms with Gasteiger partial charge in [0, 0.05) is 28.4 Å². The Morgan fingerprint density at radius 2 is 2.04 bits per heavy atom. The molecule has 0 aliphatic heterocycles. The van der Waals surface area contributed by atoms with Crippen LogP contribution in [0.15, 0.2) is 23.4 Å². The first-order valence-corrected chi connectivity index (χ1v) is 8.00. The molecule has 1 amide bonds. The van der Waals surface area contributed by atoms with Crippen LogP contribution in [0.1, 0.15) is 42.5 Å². The van der Waals surface area contributed by atoms with Gasteiger partial charge in [-0.15, -0.1) is 10.2 Å². The number of thioether (sulfide) groups is 1. The summed E-state index contributed by atoms with van der Waals surface area (Å²) in [7, 11) is 0. The van der Waals surface area contributed by atoms with Crippen molar-refractivity contribution >= 4 is 23.4 Å². The van der Waals surface area contributed by atoms with Crippen molar-refractivity contribution in [3.05, 3.63) is 45.3 Å². The Balaban J connectivity index is 2.25. The normalized spacial score (nSPS) is 11.5. The Morgan fingerprint density at radius 1 is 1.38 bits per heavy atom. The first-order valence-electron chi connectivity index (χ1n) is 7.02. The molecule has 0 saturated carbocycles. The van der Waals surface area contributed by atoms with Gasteiger partial charge in [-0.2, -0.15) is 0 Å². The number of nitrogens with zero attached hydrogens (tertiary/aromatic N) is 4. The van der Waals surface area contributed by atoms with E-state index in [1.165, 1.54) is 34.6 Å². The highest BCUT2D eigenvalue weighted by Gasteiger charge is 2.24. The molecule has 0 spiro atoms. The molecule has 0 radical (unpaired) electrons. The fourth-order valence-electron chi connectivity index (χ4n) is 2.04. The Morgan fingerprint density at radius 3 is 2.54 bits per heavy atom. The van der Waals surface area contributed by atoms with Crippen LogP contribution in [-0.4, -0.2) is 25.7 Å². The van der Waals surface area contributed by atoms with Crippen LogP contribution < -0.4 is 11.6 Å². The summed E-state index contributed by atoms with van der Waals surface area (Å²) in [5.74, 6) is 6.15. The summed E-state index contributed by atoms with van der Waals surface area (Å²) < 4.78 is 1.38. The van der Waals surface area contributed by atoms with Crippen molar-refractivity contribution in [3.63, 3.8) is 0 Å². The lowest BCUT2D eigenvalue weighted by Gasteiger charge is -2.16. The van der Waals surface area contributed by atoms with Crippen LogP contribution in [0.2, 0.25) is 0 Å². The van der Waals surface area contributed by atoms with Gasteiger partial charge in [0.25, 0.3) is 5.69 Å². The molecular formula is C14H18N6O3S. The maximum atomic E-state index is 11.2. The van der Waals surface area contributed by atoms with Crippen LogP contribution in [0.5, 0.6) is 0 Å². The fourth-order valence-corrected chi connectivity index (χ4v) is 2.89. The number of primary amides is 1. The van der Waals surface area contributed by atoms with Gasteiger partial charge in [0.1, 0.15) is 0 Å². The molecule has 0 aliphatic carbocycles. The van der Waals surface area contributed by atoms with Crippen LogP contribution in [0, 0.1) is 10.1 Å². The number of benzene rings is 1. The minimum atomic E-state index is -0.714. The Labute approximate surface area is 142 Å². The zero-order chi connectivity index (χ0) is 18.1. The van der Waals surface area contributed by atoms with Gasteiger partial charge in [-0.3, -0.25) is 14.9 Å². The molecular weight excluding hydrogens is 332 g/mol. The molecule has 1 heterocycles. The molecule has 1 aromatic heterocycles. The first kappa shape index (κ1) is 17.7. The standard InChI is InChI=1S/C14H18N6O3S/c1-14(2,3)12-17-18-13(19(12)16)24-7-9-5-4-8(11(15)21)6-10(9)20(22)23/h4-6H,7,16H2,1-3H3,(H2,15,21). The van der Waals surface area contributed by atoms with Crippen molar-refractivity contribution in [2.45, 2.75) is 37.1 Å². The molecule has 4 N–H and O–H groups in total. The number of rotatable bonds is 5. The van der Waals surface area contributed by atoms with Crippen LogP contribution in [0.3, 0.4) is 0 Å². The quantitative estimate of drug-likeness (QED) is 0.360. The molecule has 0 atom stereocenters. The van der Waals surface area contributed by atoms with E-state index in [-0.39, 0.29) is 22.4 Å². The lowest BCUT2D eigenvalue weighted by atomic mass is 9.96. The van der Waals surface area contributed by atoms with E-state index in [4.69, 9.17) is 11.6 Å². The van der Waals surface area contributed by atoms with Crippen molar-refractivity contribution in [2.75, 3.05) is 5.84 Å². The third-order valence-electron chi connectivity index (χ3n) is 3.26. The Hall–Kier alpha value is -2.62. The van der Waals surface area contributed by atoms with Gasteiger partial charge < -0.3 is 11.6 Å². The predicted octanol–water partition coefficient (Wildman–Crippen LogP) is 1.59. The predicted molar refractivity (Wildman–Crippen MR) is 90.0 cm³/mol. The average Bonchev–Trinajstić information content (AvgIpc) is 2.85. The SMILES string of the molecule is CC(C)(C)c1nnc(SCc2ccc(C(N)=O)cc2[N+](=O)[O-])n1N. The third kappa shape index (κ3) is 3.65. The fraction of sp³-hybridized carbons (Fsp3) is 0.357. The molecule has 0 saturated heterocycles. The third-order valence-corrected chi connectivity index (χ3v) is 4.25. The monoisotopic (exact) mass is 350 g/mol. The number of carbonyl (C=O) groups is 1. The second kappa shape index (κ2) is 6.48. The smallest absolute Gasteiger partial charge is 0.274 e. The zero-order valence-electron chi connectivity index (χ0n) is 13.5. The summed E-state index contributed by atoms with van der Waals surface area (Å²) in [6.45, 7) is 5.88. The van der Waals surface area contributed by atoms with E-state index in [0.717, 1.165) is 0 Å². The van der Waals surface area contributed by atoms with Crippen molar-refractivity contribution in [1.29, 1.82) is 0 Å². The van der Waals surface area contributed by atoms with Gasteiger partial charge in [0.2, 0.25) is 11.1 Å². The lowest BCUT2D eigenvalue weighted by Crippen LogP contribution is -2.24. The van der Waals surface area contributed by atoms with Crippen molar-refractivity contribution in [3.8, 4) is 0 Å². The first-order chi connectivity index (χ1) is 11.1. The highest BCUT2D eigenvalue weighted by molar-refractivity contribution is 7.98. The second-order valence-electron chi connectivity index (χ2n) is 6.18. The van der Waals surface area contributed by atoms with Crippen molar-refractivity contribution < 1.29 is 9.72 Å². The summed E-state index contributed by atoms with van der Waals surface area (Å²) in [5, 5.41) is 19.7.